The second-order valence-corrected chi connectivity index (χ2v) is 10.3. The predicted octanol–water partition coefficient (Wildman–Crippen LogP) is 4.57. The highest BCUT2D eigenvalue weighted by atomic mass is 16.7. The third-order valence-electron chi connectivity index (χ3n) is 7.27. The van der Waals surface area contributed by atoms with Gasteiger partial charge in [-0.1, -0.05) is 17.0 Å². The minimum absolute atomic E-state index is 0.155. The molecule has 38 heavy (non-hydrogen) atoms. The van der Waals surface area contributed by atoms with Gasteiger partial charge in [-0.2, -0.15) is 0 Å². The standard InChI is InChI=1S/C30H39N5O3/c1-24(37-29-9-5-7-21-36-29)30-31-14-16-35(30)23-27-22-28(38-32-27)26-12-10-25(11-13-26)8-4-3-6-15-34-19-17-33(2)18-20-34/h10-14,16,22,24,29H,3,5-7,9,15,17-21,23H2,1-2H3/t24-,29?/m0/s1. The van der Waals surface area contributed by atoms with Gasteiger partial charge in [0.2, 0.25) is 0 Å². The maximum Gasteiger partial charge on any atom is 0.167 e. The second kappa shape index (κ2) is 13.2. The first-order valence-electron chi connectivity index (χ1n) is 13.9. The molecular formula is C30H39N5O3. The topological polar surface area (TPSA) is 68.8 Å². The summed E-state index contributed by atoms with van der Waals surface area (Å²) in [6.45, 7) is 9.15. The van der Waals surface area contributed by atoms with Crippen molar-refractivity contribution in [1.82, 2.24) is 24.5 Å². The fourth-order valence-corrected chi connectivity index (χ4v) is 4.96. The van der Waals surface area contributed by atoms with E-state index >= 15 is 0 Å². The third-order valence-corrected chi connectivity index (χ3v) is 7.27. The van der Waals surface area contributed by atoms with Gasteiger partial charge in [-0.15, -0.1) is 0 Å². The lowest BCUT2D eigenvalue weighted by Gasteiger charge is -2.32. The van der Waals surface area contributed by atoms with Crippen LogP contribution >= 0.6 is 0 Å². The van der Waals surface area contributed by atoms with Gasteiger partial charge in [0.25, 0.3) is 0 Å². The summed E-state index contributed by atoms with van der Waals surface area (Å²) in [6.07, 6.45) is 8.63. The van der Waals surface area contributed by atoms with Crippen molar-refractivity contribution in [3.63, 3.8) is 0 Å². The number of unbranched alkanes of at least 4 members (excludes halogenated alkanes) is 1. The third kappa shape index (κ3) is 7.33. The summed E-state index contributed by atoms with van der Waals surface area (Å²) in [7, 11) is 2.19. The molecule has 202 valence electrons. The lowest BCUT2D eigenvalue weighted by atomic mass is 10.1. The summed E-state index contributed by atoms with van der Waals surface area (Å²) < 4.78 is 19.5. The van der Waals surface area contributed by atoms with Crippen LogP contribution in [0.15, 0.2) is 47.2 Å². The van der Waals surface area contributed by atoms with Gasteiger partial charge in [0.15, 0.2) is 12.1 Å². The van der Waals surface area contributed by atoms with Crippen LogP contribution in [-0.2, 0) is 16.0 Å². The van der Waals surface area contributed by atoms with Crippen LogP contribution in [0, 0.1) is 11.8 Å². The highest BCUT2D eigenvalue weighted by molar-refractivity contribution is 5.59. The van der Waals surface area contributed by atoms with Crippen LogP contribution in [0.1, 0.15) is 62.2 Å². The summed E-state index contributed by atoms with van der Waals surface area (Å²) in [4.78, 5) is 9.45. The Hall–Kier alpha value is -2.96. The molecule has 3 aromatic rings. The maximum absolute atomic E-state index is 6.11. The Morgan fingerprint density at radius 2 is 1.97 bits per heavy atom. The van der Waals surface area contributed by atoms with Crippen LogP contribution in [0.3, 0.4) is 0 Å². The van der Waals surface area contributed by atoms with E-state index in [9.17, 15) is 0 Å². The number of nitrogens with zero attached hydrogens (tertiary/aromatic N) is 5. The van der Waals surface area contributed by atoms with Crippen LogP contribution in [0.2, 0.25) is 0 Å². The molecular weight excluding hydrogens is 478 g/mol. The lowest BCUT2D eigenvalue weighted by Crippen LogP contribution is -2.44. The highest BCUT2D eigenvalue weighted by Gasteiger charge is 2.21. The second-order valence-electron chi connectivity index (χ2n) is 10.3. The molecule has 4 heterocycles. The first-order valence-corrected chi connectivity index (χ1v) is 13.9. The molecule has 0 aliphatic carbocycles. The average molecular weight is 518 g/mol. The van der Waals surface area contributed by atoms with E-state index in [2.05, 4.69) is 43.4 Å². The first kappa shape index (κ1) is 26.6. The molecule has 1 aromatic carbocycles. The zero-order valence-corrected chi connectivity index (χ0v) is 22.6. The molecule has 0 bridgehead atoms. The molecule has 1 unspecified atom stereocenters. The predicted molar refractivity (Wildman–Crippen MR) is 146 cm³/mol. The van der Waals surface area contributed by atoms with Crippen molar-refractivity contribution in [3.8, 4) is 23.2 Å². The zero-order valence-electron chi connectivity index (χ0n) is 22.6. The molecule has 0 amide bonds. The van der Waals surface area contributed by atoms with Crippen molar-refractivity contribution in [2.75, 3.05) is 46.4 Å². The Kier molecular flexibility index (Phi) is 9.26. The molecule has 0 spiro atoms. The molecule has 8 heteroatoms. The van der Waals surface area contributed by atoms with Crippen LogP contribution < -0.4 is 0 Å². The quantitative estimate of drug-likeness (QED) is 0.304. The molecule has 5 rings (SSSR count). The minimum atomic E-state index is -0.167. The van der Waals surface area contributed by atoms with E-state index in [1.54, 1.807) is 6.20 Å². The average Bonchev–Trinajstić information content (AvgIpc) is 3.61. The van der Waals surface area contributed by atoms with Gasteiger partial charge in [-0.3, -0.25) is 0 Å². The van der Waals surface area contributed by atoms with E-state index in [4.69, 9.17) is 14.0 Å². The van der Waals surface area contributed by atoms with Crippen LogP contribution in [0.25, 0.3) is 11.3 Å². The van der Waals surface area contributed by atoms with Crippen molar-refractivity contribution in [1.29, 1.82) is 0 Å². The Labute approximate surface area is 225 Å². The van der Waals surface area contributed by atoms with E-state index in [0.29, 0.717) is 6.54 Å². The summed E-state index contributed by atoms with van der Waals surface area (Å²) in [5.74, 6) is 8.22. The molecule has 0 N–H and O–H groups in total. The summed E-state index contributed by atoms with van der Waals surface area (Å²) in [6, 6.07) is 10.2. The monoisotopic (exact) mass is 517 g/mol. The van der Waals surface area contributed by atoms with E-state index in [0.717, 1.165) is 73.7 Å². The normalized spacial score (nSPS) is 19.7. The largest absolute Gasteiger partial charge is 0.356 e. The molecule has 8 nitrogen and oxygen atoms in total. The molecule has 2 saturated heterocycles. The zero-order chi connectivity index (χ0) is 26.2. The van der Waals surface area contributed by atoms with E-state index in [1.165, 1.54) is 26.2 Å². The fourth-order valence-electron chi connectivity index (χ4n) is 4.96. The van der Waals surface area contributed by atoms with Gasteiger partial charge in [-0.25, -0.2) is 4.98 Å². The number of benzene rings is 1. The van der Waals surface area contributed by atoms with E-state index in [-0.39, 0.29) is 12.4 Å². The summed E-state index contributed by atoms with van der Waals surface area (Å²) in [5, 5.41) is 4.29. The smallest absolute Gasteiger partial charge is 0.167 e. The number of piperazine rings is 1. The Morgan fingerprint density at radius 1 is 1.13 bits per heavy atom. The van der Waals surface area contributed by atoms with Crippen molar-refractivity contribution in [2.45, 2.75) is 58.0 Å². The highest BCUT2D eigenvalue weighted by Crippen LogP contribution is 2.25. The minimum Gasteiger partial charge on any atom is -0.356 e. The Bertz CT molecular complexity index is 1190. The summed E-state index contributed by atoms with van der Waals surface area (Å²) in [5.41, 5.74) is 2.85. The number of aromatic nitrogens is 3. The lowest BCUT2D eigenvalue weighted by molar-refractivity contribution is -0.188. The van der Waals surface area contributed by atoms with Gasteiger partial charge < -0.3 is 28.4 Å². The fraction of sp³-hybridized carbons (Fsp3) is 0.533. The van der Waals surface area contributed by atoms with E-state index in [1.807, 2.05) is 43.5 Å². The van der Waals surface area contributed by atoms with E-state index < -0.39 is 0 Å². The number of hydrogen-bond donors (Lipinski definition) is 0. The number of imidazole rings is 1. The number of rotatable bonds is 9. The van der Waals surface area contributed by atoms with Crippen LogP contribution in [0.4, 0.5) is 0 Å². The molecule has 0 saturated carbocycles. The van der Waals surface area contributed by atoms with Gasteiger partial charge in [0, 0.05) is 68.8 Å². The van der Waals surface area contributed by atoms with Gasteiger partial charge >= 0.3 is 0 Å². The molecule has 2 aliphatic rings. The van der Waals surface area contributed by atoms with Crippen LogP contribution in [0.5, 0.6) is 0 Å². The van der Waals surface area contributed by atoms with Gasteiger partial charge in [0.1, 0.15) is 17.6 Å². The first-order chi connectivity index (χ1) is 18.6. The molecule has 2 aliphatic heterocycles. The van der Waals surface area contributed by atoms with Crippen LogP contribution in [-0.4, -0.2) is 77.2 Å². The molecule has 0 radical (unpaired) electrons. The molecule has 2 fully saturated rings. The number of hydrogen-bond acceptors (Lipinski definition) is 7. The van der Waals surface area contributed by atoms with Crippen molar-refractivity contribution in [3.05, 3.63) is 59.8 Å². The summed E-state index contributed by atoms with van der Waals surface area (Å²) >= 11 is 0. The molecule has 2 atom stereocenters. The van der Waals surface area contributed by atoms with Gasteiger partial charge in [0.05, 0.1) is 6.54 Å². The SMILES string of the molecule is C[C@H](OC1CCCCO1)c1nccn1Cc1cc(-c2ccc(C#CCCCN3CCN(C)CC3)cc2)on1. The van der Waals surface area contributed by atoms with Crippen molar-refractivity contribution < 1.29 is 14.0 Å². The van der Waals surface area contributed by atoms with Crippen molar-refractivity contribution in [2.24, 2.45) is 0 Å². The van der Waals surface area contributed by atoms with Gasteiger partial charge in [-0.05, 0) is 70.5 Å². The van der Waals surface area contributed by atoms with Crippen molar-refractivity contribution >= 4 is 0 Å². The maximum atomic E-state index is 6.11. The Morgan fingerprint density at radius 3 is 2.76 bits per heavy atom. The Balaban J connectivity index is 1.11. The molecule has 2 aromatic heterocycles. The number of likely N-dealkylation sites (N-methyl/N-ethyl adjacent to an activating group) is 1. The number of ether oxygens (including phenoxy) is 2.